The van der Waals surface area contributed by atoms with Crippen molar-refractivity contribution in [3.05, 3.63) is 35.9 Å². The molecule has 0 spiro atoms. The van der Waals surface area contributed by atoms with Crippen LogP contribution >= 0.6 is 14.5 Å². The highest BCUT2D eigenvalue weighted by molar-refractivity contribution is 7.73. The van der Waals surface area contributed by atoms with Gasteiger partial charge in [-0.05, 0) is 5.56 Å². The first-order valence-corrected chi connectivity index (χ1v) is 14.0. The summed E-state index contributed by atoms with van der Waals surface area (Å²) in [5, 5.41) is 19.8. The average Bonchev–Trinajstić information content (AvgIpc) is 2.23. The smallest absolute Gasteiger partial charge is 0.0608 e. The van der Waals surface area contributed by atoms with Crippen molar-refractivity contribution in [2.75, 3.05) is 53.3 Å². The molecule has 0 aliphatic heterocycles. The highest BCUT2D eigenvalue weighted by atomic mass is 31.2. The summed E-state index contributed by atoms with van der Waals surface area (Å²) in [5.41, 5.74) is 0.837. The highest BCUT2D eigenvalue weighted by Gasteiger charge is 2.03. The molecular weight excluding hydrogens is 301 g/mol. The molecule has 21 heavy (non-hydrogen) atoms. The Morgan fingerprint density at radius 3 is 1.43 bits per heavy atom. The third-order valence-electron chi connectivity index (χ3n) is 1.23. The molecule has 3 nitrogen and oxygen atoms in total. The van der Waals surface area contributed by atoms with Gasteiger partial charge in [-0.1, -0.05) is 30.3 Å². The van der Waals surface area contributed by atoms with Crippen LogP contribution in [-0.2, 0) is 11.3 Å². The maximum absolute atomic E-state index is 9.92. The number of hydrogen-bond acceptors (Lipinski definition) is 3. The Labute approximate surface area is 133 Å². The van der Waals surface area contributed by atoms with Crippen LogP contribution in [-0.4, -0.2) is 60.6 Å². The van der Waals surface area contributed by atoms with Gasteiger partial charge in [0.15, 0.2) is 0 Å². The SMILES string of the molecule is C[P+](C)(C)C.C[P+](C)(C)C.[O-]B([O-])OCc1ccccc1. The van der Waals surface area contributed by atoms with Gasteiger partial charge < -0.3 is 14.7 Å². The average molecular weight is 332 g/mol. The molecule has 0 saturated heterocycles. The first-order valence-electron chi connectivity index (χ1n) is 6.84. The molecule has 0 radical (unpaired) electrons. The van der Waals surface area contributed by atoms with Crippen molar-refractivity contribution in [2.45, 2.75) is 6.61 Å². The van der Waals surface area contributed by atoms with Crippen LogP contribution in [0.3, 0.4) is 0 Å². The van der Waals surface area contributed by atoms with Crippen molar-refractivity contribution in [3.8, 4) is 0 Å². The van der Waals surface area contributed by atoms with Crippen LogP contribution in [0, 0.1) is 0 Å². The number of rotatable bonds is 3. The minimum Gasteiger partial charge on any atom is -0.871 e. The molecule has 0 N–H and O–H groups in total. The monoisotopic (exact) mass is 332 g/mol. The molecule has 0 amide bonds. The molecule has 1 rings (SSSR count). The maximum Gasteiger partial charge on any atom is 0.0608 e. The lowest BCUT2D eigenvalue weighted by Crippen LogP contribution is -2.47. The van der Waals surface area contributed by atoms with E-state index >= 15 is 0 Å². The van der Waals surface area contributed by atoms with Crippen molar-refractivity contribution in [1.82, 2.24) is 0 Å². The minimum atomic E-state index is -2.18. The lowest BCUT2D eigenvalue weighted by molar-refractivity contribution is -0.382. The van der Waals surface area contributed by atoms with Gasteiger partial charge in [-0.25, -0.2) is 0 Å². The van der Waals surface area contributed by atoms with E-state index in [9.17, 15) is 10.0 Å². The third kappa shape index (κ3) is 38.4. The van der Waals surface area contributed by atoms with Gasteiger partial charge in [0.05, 0.1) is 13.9 Å². The molecule has 0 fully saturated rings. The van der Waals surface area contributed by atoms with E-state index in [0.717, 1.165) is 5.56 Å². The van der Waals surface area contributed by atoms with E-state index in [-0.39, 0.29) is 21.1 Å². The van der Waals surface area contributed by atoms with Crippen LogP contribution in [0.2, 0.25) is 0 Å². The van der Waals surface area contributed by atoms with Crippen LogP contribution < -0.4 is 10.0 Å². The second-order valence-electron chi connectivity index (χ2n) is 7.45. The Balaban J connectivity index is 0. The Bertz CT molecular complexity index is 322. The summed E-state index contributed by atoms with van der Waals surface area (Å²) in [5.74, 6) is 0. The lowest BCUT2D eigenvalue weighted by atomic mass is 10.2. The summed E-state index contributed by atoms with van der Waals surface area (Å²) in [7, 11) is -2.96. The summed E-state index contributed by atoms with van der Waals surface area (Å²) in [6.45, 7) is 18.5. The van der Waals surface area contributed by atoms with Crippen molar-refractivity contribution in [1.29, 1.82) is 0 Å². The predicted octanol–water partition coefficient (Wildman–Crippen LogP) is 1.96. The Morgan fingerprint density at radius 1 is 0.810 bits per heavy atom. The van der Waals surface area contributed by atoms with Crippen molar-refractivity contribution >= 4 is 21.8 Å². The maximum atomic E-state index is 9.92. The highest BCUT2D eigenvalue weighted by Crippen LogP contribution is 2.40. The first-order chi connectivity index (χ1) is 9.29. The van der Waals surface area contributed by atoms with Crippen LogP contribution in [0.5, 0.6) is 0 Å². The summed E-state index contributed by atoms with van der Waals surface area (Å²) in [6.07, 6.45) is 0. The van der Waals surface area contributed by atoms with Gasteiger partial charge in [0, 0.05) is 67.8 Å². The molecular formula is C15H31BO3P2. The molecule has 0 saturated carbocycles. The molecule has 0 aliphatic rings. The van der Waals surface area contributed by atoms with E-state index in [1.807, 2.05) is 18.2 Å². The molecule has 1 aromatic carbocycles. The fourth-order valence-corrected chi connectivity index (χ4v) is 0.739. The van der Waals surface area contributed by atoms with Gasteiger partial charge >= 0.3 is 0 Å². The Morgan fingerprint density at radius 2 is 1.14 bits per heavy atom. The Kier molecular flexibility index (Phi) is 12.8. The van der Waals surface area contributed by atoms with E-state index in [4.69, 9.17) is 0 Å². The third-order valence-corrected chi connectivity index (χ3v) is 1.23. The molecule has 1 aromatic rings. The van der Waals surface area contributed by atoms with Crippen molar-refractivity contribution < 1.29 is 14.7 Å². The number of hydrogen-bond donors (Lipinski definition) is 0. The van der Waals surface area contributed by atoms with Gasteiger partial charge in [0.25, 0.3) is 0 Å². The zero-order valence-corrected chi connectivity index (χ0v) is 16.6. The largest absolute Gasteiger partial charge is 0.871 e. The van der Waals surface area contributed by atoms with Crippen molar-refractivity contribution in [3.63, 3.8) is 0 Å². The van der Waals surface area contributed by atoms with E-state index in [1.165, 1.54) is 0 Å². The van der Waals surface area contributed by atoms with Crippen molar-refractivity contribution in [2.24, 2.45) is 0 Å². The van der Waals surface area contributed by atoms with Gasteiger partial charge in [0.1, 0.15) is 0 Å². The molecule has 0 heterocycles. The first kappa shape index (κ1) is 23.3. The molecule has 0 bridgehead atoms. The van der Waals surface area contributed by atoms with E-state index in [0.29, 0.717) is 0 Å². The normalized spacial score (nSPS) is 10.8. The molecule has 0 atom stereocenters. The second-order valence-corrected chi connectivity index (χ2v) is 18.2. The zero-order chi connectivity index (χ0) is 17.1. The summed E-state index contributed by atoms with van der Waals surface area (Å²) < 4.78 is 4.32. The summed E-state index contributed by atoms with van der Waals surface area (Å²) in [4.78, 5) is 0. The molecule has 0 aromatic heterocycles. The van der Waals surface area contributed by atoms with Crippen LogP contribution in [0.15, 0.2) is 30.3 Å². The summed E-state index contributed by atoms with van der Waals surface area (Å²) >= 11 is 0. The Hall–Kier alpha value is 0.0249. The minimum absolute atomic E-state index is 0.0957. The number of benzene rings is 1. The van der Waals surface area contributed by atoms with E-state index < -0.39 is 7.32 Å². The summed E-state index contributed by atoms with van der Waals surface area (Å²) in [6, 6.07) is 9.09. The van der Waals surface area contributed by atoms with Gasteiger partial charge in [0.2, 0.25) is 0 Å². The van der Waals surface area contributed by atoms with Gasteiger partial charge in [-0.3, -0.25) is 0 Å². The fraction of sp³-hybridized carbons (Fsp3) is 0.600. The van der Waals surface area contributed by atoms with Crippen LogP contribution in [0.4, 0.5) is 0 Å². The predicted molar refractivity (Wildman–Crippen MR) is 98.2 cm³/mol. The molecule has 0 unspecified atom stereocenters. The zero-order valence-electron chi connectivity index (χ0n) is 14.8. The van der Waals surface area contributed by atoms with Crippen LogP contribution in [0.1, 0.15) is 5.56 Å². The van der Waals surface area contributed by atoms with E-state index in [1.54, 1.807) is 12.1 Å². The fourth-order valence-electron chi connectivity index (χ4n) is 0.739. The van der Waals surface area contributed by atoms with Gasteiger partial charge in [-0.2, -0.15) is 0 Å². The standard InChI is InChI=1S/C7H7BO3.2C4H12P/c9-8(10)11-6-7-4-2-1-3-5-7;2*1-5(2,3)4/h1-5H,6H2;2*1-4H3/q-2;2*+1. The molecule has 122 valence electrons. The quantitative estimate of drug-likeness (QED) is 0.628. The lowest BCUT2D eigenvalue weighted by Gasteiger charge is -2.25. The topological polar surface area (TPSA) is 55.3 Å². The molecule has 6 heteroatoms. The second kappa shape index (κ2) is 11.6. The van der Waals surface area contributed by atoms with E-state index in [2.05, 4.69) is 58.0 Å². The van der Waals surface area contributed by atoms with Gasteiger partial charge in [-0.15, -0.1) is 0 Å². The van der Waals surface area contributed by atoms with Crippen LogP contribution in [0.25, 0.3) is 0 Å². The molecule has 0 aliphatic carbocycles.